The largest absolute Gasteiger partial charge is 0.383 e. The van der Waals surface area contributed by atoms with Crippen LogP contribution < -0.4 is 10.6 Å². The number of nitrogens with zero attached hydrogens (tertiary/aromatic N) is 1. The van der Waals surface area contributed by atoms with Crippen LogP contribution in [0.2, 0.25) is 0 Å². The first-order valence-corrected chi connectivity index (χ1v) is 5.73. The number of amides is 1. The van der Waals surface area contributed by atoms with E-state index in [0.717, 1.165) is 17.7 Å². The summed E-state index contributed by atoms with van der Waals surface area (Å²) in [6.45, 7) is 2.71. The van der Waals surface area contributed by atoms with Gasteiger partial charge in [-0.1, -0.05) is 6.07 Å². The van der Waals surface area contributed by atoms with Crippen LogP contribution in [0.4, 0.5) is 5.69 Å². The zero-order valence-corrected chi connectivity index (χ0v) is 9.79. The summed E-state index contributed by atoms with van der Waals surface area (Å²) in [4.78, 5) is 11.1. The van der Waals surface area contributed by atoms with Gasteiger partial charge in [0, 0.05) is 24.7 Å². The molecule has 0 aliphatic carbocycles. The van der Waals surface area contributed by atoms with Gasteiger partial charge in [0.15, 0.2) is 0 Å². The monoisotopic (exact) mass is 229 g/mol. The molecule has 1 unspecified atom stereocenters. The van der Waals surface area contributed by atoms with Crippen LogP contribution in [-0.2, 0) is 4.79 Å². The predicted molar refractivity (Wildman–Crippen MR) is 65.5 cm³/mol. The zero-order chi connectivity index (χ0) is 12.3. The Kier molecular flexibility index (Phi) is 3.29. The summed E-state index contributed by atoms with van der Waals surface area (Å²) in [6, 6.07) is 7.89. The average molecular weight is 229 g/mol. The van der Waals surface area contributed by atoms with Gasteiger partial charge in [0.25, 0.3) is 0 Å². The molecule has 1 fully saturated rings. The first kappa shape index (κ1) is 11.5. The molecule has 4 heteroatoms. The number of aryl methyl sites for hydroxylation is 1. The number of nitrogens with one attached hydrogen (secondary N) is 2. The molecular formula is C13H15N3O. The molecule has 0 radical (unpaired) electrons. The lowest BCUT2D eigenvalue weighted by molar-refractivity contribution is -0.119. The fourth-order valence-electron chi connectivity index (χ4n) is 1.95. The second-order valence-corrected chi connectivity index (χ2v) is 4.33. The van der Waals surface area contributed by atoms with E-state index in [-0.39, 0.29) is 11.9 Å². The number of nitriles is 1. The highest BCUT2D eigenvalue weighted by molar-refractivity contribution is 5.78. The van der Waals surface area contributed by atoms with Crippen LogP contribution in [0.1, 0.15) is 24.0 Å². The van der Waals surface area contributed by atoms with E-state index in [1.54, 1.807) is 6.07 Å². The number of carbonyl (C=O) groups excluding carboxylic acids is 1. The summed E-state index contributed by atoms with van der Waals surface area (Å²) < 4.78 is 0. The Bertz CT molecular complexity index is 476. The van der Waals surface area contributed by atoms with Crippen molar-refractivity contribution in [3.63, 3.8) is 0 Å². The van der Waals surface area contributed by atoms with E-state index >= 15 is 0 Å². The quantitative estimate of drug-likeness (QED) is 0.826. The Balaban J connectivity index is 1.99. The van der Waals surface area contributed by atoms with E-state index in [0.29, 0.717) is 18.5 Å². The maximum atomic E-state index is 11.1. The Hall–Kier alpha value is -2.02. The standard InChI is InChI=1S/C13H15N3O/c1-9-2-3-10(7-14)6-12(9)15-8-11-4-5-13(17)16-11/h2-3,6,11,15H,4-5,8H2,1H3,(H,16,17). The van der Waals surface area contributed by atoms with Crippen molar-refractivity contribution < 1.29 is 4.79 Å². The highest BCUT2D eigenvalue weighted by Gasteiger charge is 2.20. The third kappa shape index (κ3) is 2.76. The number of hydrogen-bond donors (Lipinski definition) is 2. The Morgan fingerprint density at radius 2 is 2.41 bits per heavy atom. The molecule has 1 aromatic carbocycles. The van der Waals surface area contributed by atoms with Crippen molar-refractivity contribution in [2.24, 2.45) is 0 Å². The van der Waals surface area contributed by atoms with E-state index < -0.39 is 0 Å². The van der Waals surface area contributed by atoms with Crippen molar-refractivity contribution in [3.05, 3.63) is 29.3 Å². The van der Waals surface area contributed by atoms with E-state index in [4.69, 9.17) is 5.26 Å². The summed E-state index contributed by atoms with van der Waals surface area (Å²) in [5, 5.41) is 15.0. The molecule has 1 saturated heterocycles. The second-order valence-electron chi connectivity index (χ2n) is 4.33. The molecular weight excluding hydrogens is 214 g/mol. The SMILES string of the molecule is Cc1ccc(C#N)cc1NCC1CCC(=O)N1. The normalized spacial score (nSPS) is 18.6. The second kappa shape index (κ2) is 4.88. The Morgan fingerprint density at radius 3 is 3.06 bits per heavy atom. The van der Waals surface area contributed by atoms with Crippen LogP contribution in [0.15, 0.2) is 18.2 Å². The molecule has 1 aromatic rings. The molecule has 4 nitrogen and oxygen atoms in total. The molecule has 0 aromatic heterocycles. The van der Waals surface area contributed by atoms with E-state index in [1.165, 1.54) is 0 Å². The van der Waals surface area contributed by atoms with Gasteiger partial charge in [-0.3, -0.25) is 4.79 Å². The number of benzene rings is 1. The summed E-state index contributed by atoms with van der Waals surface area (Å²) in [7, 11) is 0. The summed E-state index contributed by atoms with van der Waals surface area (Å²) >= 11 is 0. The van der Waals surface area contributed by atoms with E-state index in [1.807, 2.05) is 19.1 Å². The van der Waals surface area contributed by atoms with Crippen molar-refractivity contribution in [1.29, 1.82) is 5.26 Å². The smallest absolute Gasteiger partial charge is 0.220 e. The first-order valence-electron chi connectivity index (χ1n) is 5.73. The molecule has 1 aliphatic rings. The van der Waals surface area contributed by atoms with Crippen LogP contribution in [-0.4, -0.2) is 18.5 Å². The number of anilines is 1. The van der Waals surface area contributed by atoms with Crippen molar-refractivity contribution in [2.75, 3.05) is 11.9 Å². The van der Waals surface area contributed by atoms with Gasteiger partial charge >= 0.3 is 0 Å². The van der Waals surface area contributed by atoms with Crippen molar-refractivity contribution in [3.8, 4) is 6.07 Å². The Morgan fingerprint density at radius 1 is 1.59 bits per heavy atom. The van der Waals surface area contributed by atoms with Crippen LogP contribution in [0.3, 0.4) is 0 Å². The van der Waals surface area contributed by atoms with Crippen LogP contribution >= 0.6 is 0 Å². The average Bonchev–Trinajstić information content (AvgIpc) is 2.74. The third-order valence-corrected chi connectivity index (χ3v) is 2.99. The summed E-state index contributed by atoms with van der Waals surface area (Å²) in [5.41, 5.74) is 2.71. The molecule has 1 atom stereocenters. The summed E-state index contributed by atoms with van der Waals surface area (Å²) in [5.74, 6) is 0.124. The highest BCUT2D eigenvalue weighted by atomic mass is 16.1. The van der Waals surface area contributed by atoms with Gasteiger partial charge in [-0.05, 0) is 31.0 Å². The molecule has 1 aliphatic heterocycles. The van der Waals surface area contributed by atoms with Crippen LogP contribution in [0.25, 0.3) is 0 Å². The molecule has 1 heterocycles. The fraction of sp³-hybridized carbons (Fsp3) is 0.385. The zero-order valence-electron chi connectivity index (χ0n) is 9.79. The molecule has 17 heavy (non-hydrogen) atoms. The van der Waals surface area contributed by atoms with E-state index in [2.05, 4.69) is 16.7 Å². The van der Waals surface area contributed by atoms with Gasteiger partial charge in [0.2, 0.25) is 5.91 Å². The molecule has 0 saturated carbocycles. The lowest BCUT2D eigenvalue weighted by Crippen LogP contribution is -2.31. The van der Waals surface area contributed by atoms with E-state index in [9.17, 15) is 4.79 Å². The number of carbonyl (C=O) groups is 1. The minimum Gasteiger partial charge on any atom is -0.383 e. The lowest BCUT2D eigenvalue weighted by atomic mass is 10.1. The maximum absolute atomic E-state index is 11.1. The molecule has 0 spiro atoms. The van der Waals surface area contributed by atoms with Gasteiger partial charge in [0.1, 0.15) is 0 Å². The molecule has 2 N–H and O–H groups in total. The summed E-state index contributed by atoms with van der Waals surface area (Å²) in [6.07, 6.45) is 1.49. The van der Waals surface area contributed by atoms with Crippen molar-refractivity contribution >= 4 is 11.6 Å². The third-order valence-electron chi connectivity index (χ3n) is 2.99. The predicted octanol–water partition coefficient (Wildman–Crippen LogP) is 1.56. The minimum atomic E-state index is 0.124. The molecule has 88 valence electrons. The van der Waals surface area contributed by atoms with Gasteiger partial charge in [-0.2, -0.15) is 5.26 Å². The molecule has 2 rings (SSSR count). The number of rotatable bonds is 3. The maximum Gasteiger partial charge on any atom is 0.220 e. The molecule has 0 bridgehead atoms. The van der Waals surface area contributed by atoms with Gasteiger partial charge in [-0.25, -0.2) is 0 Å². The number of hydrogen-bond acceptors (Lipinski definition) is 3. The Labute approximate surface area is 101 Å². The topological polar surface area (TPSA) is 64.9 Å². The van der Waals surface area contributed by atoms with Crippen molar-refractivity contribution in [2.45, 2.75) is 25.8 Å². The molecule has 1 amide bonds. The van der Waals surface area contributed by atoms with Gasteiger partial charge in [0.05, 0.1) is 11.6 Å². The minimum absolute atomic E-state index is 0.124. The van der Waals surface area contributed by atoms with Gasteiger partial charge < -0.3 is 10.6 Å². The fourth-order valence-corrected chi connectivity index (χ4v) is 1.95. The van der Waals surface area contributed by atoms with Gasteiger partial charge in [-0.15, -0.1) is 0 Å². The van der Waals surface area contributed by atoms with Crippen molar-refractivity contribution in [1.82, 2.24) is 5.32 Å². The van der Waals surface area contributed by atoms with Crippen LogP contribution in [0, 0.1) is 18.3 Å². The first-order chi connectivity index (χ1) is 8.19. The van der Waals surface area contributed by atoms with Crippen LogP contribution in [0.5, 0.6) is 0 Å². The lowest BCUT2D eigenvalue weighted by Gasteiger charge is -2.14. The highest BCUT2D eigenvalue weighted by Crippen LogP contribution is 2.17.